The third-order valence-electron chi connectivity index (χ3n) is 3.93. The van der Waals surface area contributed by atoms with Crippen molar-refractivity contribution in [1.29, 1.82) is 5.26 Å². The number of benzene rings is 1. The molecule has 1 fully saturated rings. The summed E-state index contributed by atoms with van der Waals surface area (Å²) in [6, 6.07) is 8.48. The summed E-state index contributed by atoms with van der Waals surface area (Å²) >= 11 is 0. The van der Waals surface area contributed by atoms with Crippen molar-refractivity contribution in [2.75, 3.05) is 18.4 Å². The number of nitriles is 1. The van der Waals surface area contributed by atoms with Crippen LogP contribution in [0, 0.1) is 26.9 Å². The highest BCUT2D eigenvalue weighted by Crippen LogP contribution is 2.37. The van der Waals surface area contributed by atoms with E-state index in [2.05, 4.69) is 16.7 Å². The molecule has 0 spiro atoms. The summed E-state index contributed by atoms with van der Waals surface area (Å²) in [5.74, 6) is -0.239. The molecule has 0 aliphatic heterocycles. The molecular weight excluding hydrogens is 284 g/mol. The first kappa shape index (κ1) is 15.8. The van der Waals surface area contributed by atoms with Gasteiger partial charge in [-0.15, -0.1) is 0 Å². The van der Waals surface area contributed by atoms with Gasteiger partial charge in [-0.3, -0.25) is 14.9 Å². The maximum Gasteiger partial charge on any atom is 0.292 e. The van der Waals surface area contributed by atoms with Crippen LogP contribution in [0.3, 0.4) is 0 Å². The molecule has 1 aliphatic carbocycles. The van der Waals surface area contributed by atoms with Crippen molar-refractivity contribution < 1.29 is 9.72 Å². The van der Waals surface area contributed by atoms with E-state index in [0.29, 0.717) is 31.6 Å². The Balaban J connectivity index is 1.84. The zero-order chi connectivity index (χ0) is 16.0. The number of rotatable bonds is 6. The molecule has 1 aromatic carbocycles. The Hall–Kier alpha value is -2.62. The van der Waals surface area contributed by atoms with Crippen LogP contribution in [-0.4, -0.2) is 23.9 Å². The zero-order valence-corrected chi connectivity index (χ0v) is 12.2. The molecule has 0 unspecified atom stereocenters. The topological polar surface area (TPSA) is 108 Å². The van der Waals surface area contributed by atoms with E-state index in [1.54, 1.807) is 18.2 Å². The van der Waals surface area contributed by atoms with Gasteiger partial charge in [-0.1, -0.05) is 25.0 Å². The predicted molar refractivity (Wildman–Crippen MR) is 81.1 cm³/mol. The summed E-state index contributed by atoms with van der Waals surface area (Å²) in [5, 5.41) is 25.8. The van der Waals surface area contributed by atoms with Gasteiger partial charge in [0.2, 0.25) is 5.91 Å². The van der Waals surface area contributed by atoms with Crippen molar-refractivity contribution >= 4 is 17.3 Å². The van der Waals surface area contributed by atoms with E-state index in [9.17, 15) is 20.2 Å². The summed E-state index contributed by atoms with van der Waals surface area (Å²) in [6.07, 6.45) is 3.00. The highest BCUT2D eigenvalue weighted by atomic mass is 16.6. The van der Waals surface area contributed by atoms with Crippen molar-refractivity contribution in [3.8, 4) is 6.07 Å². The molecule has 7 heteroatoms. The van der Waals surface area contributed by atoms with Gasteiger partial charge in [0.15, 0.2) is 0 Å². The van der Waals surface area contributed by atoms with Crippen LogP contribution in [0.5, 0.6) is 0 Å². The van der Waals surface area contributed by atoms with Crippen molar-refractivity contribution in [2.45, 2.75) is 25.7 Å². The standard InChI is InChI=1S/C15H18N4O3/c16-11-15(7-3-4-8-15)14(20)18-10-9-17-12-5-1-2-6-13(12)19(21)22/h1-2,5-6,17H,3-4,7-10H2,(H,18,20). The van der Waals surface area contributed by atoms with Crippen LogP contribution >= 0.6 is 0 Å². The number of hydrogen-bond donors (Lipinski definition) is 2. The van der Waals surface area contributed by atoms with E-state index < -0.39 is 10.3 Å². The number of nitrogens with one attached hydrogen (secondary N) is 2. The molecule has 0 radical (unpaired) electrons. The van der Waals surface area contributed by atoms with Gasteiger partial charge in [-0.2, -0.15) is 5.26 Å². The number of carbonyl (C=O) groups is 1. The van der Waals surface area contributed by atoms with Crippen LogP contribution in [0.4, 0.5) is 11.4 Å². The zero-order valence-electron chi connectivity index (χ0n) is 12.2. The fourth-order valence-corrected chi connectivity index (χ4v) is 2.69. The van der Waals surface area contributed by atoms with E-state index in [-0.39, 0.29) is 11.6 Å². The average Bonchev–Trinajstić information content (AvgIpc) is 3.02. The second-order valence-electron chi connectivity index (χ2n) is 5.36. The van der Waals surface area contributed by atoms with Crippen molar-refractivity contribution in [3.05, 3.63) is 34.4 Å². The molecule has 0 heterocycles. The summed E-state index contributed by atoms with van der Waals surface area (Å²) in [5.41, 5.74) is -0.477. The molecule has 1 aromatic rings. The molecule has 22 heavy (non-hydrogen) atoms. The molecule has 1 amide bonds. The van der Waals surface area contributed by atoms with E-state index >= 15 is 0 Å². The number of amides is 1. The van der Waals surface area contributed by atoms with Gasteiger partial charge < -0.3 is 10.6 Å². The average molecular weight is 302 g/mol. The highest BCUT2D eigenvalue weighted by molar-refractivity contribution is 5.85. The Morgan fingerprint density at radius 2 is 2.00 bits per heavy atom. The van der Waals surface area contributed by atoms with Crippen LogP contribution < -0.4 is 10.6 Å². The van der Waals surface area contributed by atoms with Crippen LogP contribution in [0.25, 0.3) is 0 Å². The molecular formula is C15H18N4O3. The van der Waals surface area contributed by atoms with Crippen molar-refractivity contribution in [1.82, 2.24) is 5.32 Å². The molecule has 7 nitrogen and oxygen atoms in total. The number of hydrogen-bond acceptors (Lipinski definition) is 5. The fraction of sp³-hybridized carbons (Fsp3) is 0.467. The van der Waals surface area contributed by atoms with Crippen molar-refractivity contribution in [3.63, 3.8) is 0 Å². The van der Waals surface area contributed by atoms with Crippen LogP contribution in [-0.2, 0) is 4.79 Å². The highest BCUT2D eigenvalue weighted by Gasteiger charge is 2.41. The van der Waals surface area contributed by atoms with E-state index in [1.165, 1.54) is 6.07 Å². The first-order valence-electron chi connectivity index (χ1n) is 7.26. The van der Waals surface area contributed by atoms with Gasteiger partial charge in [0.1, 0.15) is 11.1 Å². The lowest BCUT2D eigenvalue weighted by Gasteiger charge is -2.19. The Kier molecular flexibility index (Phi) is 4.94. The number of carbonyl (C=O) groups excluding carboxylic acids is 1. The number of para-hydroxylation sites is 2. The molecule has 0 aromatic heterocycles. The molecule has 0 bridgehead atoms. The first-order chi connectivity index (χ1) is 10.6. The van der Waals surface area contributed by atoms with Gasteiger partial charge in [0.25, 0.3) is 5.69 Å². The summed E-state index contributed by atoms with van der Waals surface area (Å²) in [6.45, 7) is 0.673. The van der Waals surface area contributed by atoms with E-state index in [4.69, 9.17) is 0 Å². The summed E-state index contributed by atoms with van der Waals surface area (Å²) < 4.78 is 0. The monoisotopic (exact) mass is 302 g/mol. The lowest BCUT2D eigenvalue weighted by molar-refractivity contribution is -0.384. The summed E-state index contributed by atoms with van der Waals surface area (Å²) in [7, 11) is 0. The number of nitrogens with zero attached hydrogens (tertiary/aromatic N) is 2. The third-order valence-corrected chi connectivity index (χ3v) is 3.93. The molecule has 2 N–H and O–H groups in total. The van der Waals surface area contributed by atoms with Gasteiger partial charge in [0, 0.05) is 19.2 Å². The summed E-state index contributed by atoms with van der Waals surface area (Å²) in [4.78, 5) is 22.5. The van der Waals surface area contributed by atoms with Crippen LogP contribution in [0.1, 0.15) is 25.7 Å². The first-order valence-corrected chi connectivity index (χ1v) is 7.26. The smallest absolute Gasteiger partial charge is 0.292 e. The van der Waals surface area contributed by atoms with Gasteiger partial charge >= 0.3 is 0 Å². The minimum atomic E-state index is -0.890. The molecule has 0 atom stereocenters. The maximum atomic E-state index is 12.1. The van der Waals surface area contributed by atoms with Gasteiger partial charge in [0.05, 0.1) is 11.0 Å². The Bertz CT molecular complexity index is 603. The lowest BCUT2D eigenvalue weighted by atomic mass is 9.87. The third kappa shape index (κ3) is 3.34. The Morgan fingerprint density at radius 3 is 2.64 bits per heavy atom. The number of anilines is 1. The quantitative estimate of drug-likeness (QED) is 0.476. The van der Waals surface area contributed by atoms with Crippen molar-refractivity contribution in [2.24, 2.45) is 5.41 Å². The van der Waals surface area contributed by atoms with Crippen LogP contribution in [0.2, 0.25) is 0 Å². The van der Waals surface area contributed by atoms with Crippen LogP contribution in [0.15, 0.2) is 24.3 Å². The Labute approximate surface area is 128 Å². The van der Waals surface area contributed by atoms with E-state index in [1.807, 2.05) is 0 Å². The minimum Gasteiger partial charge on any atom is -0.378 e. The van der Waals surface area contributed by atoms with E-state index in [0.717, 1.165) is 12.8 Å². The minimum absolute atomic E-state index is 0.00175. The molecule has 1 saturated carbocycles. The largest absolute Gasteiger partial charge is 0.378 e. The number of nitro benzene ring substituents is 1. The molecule has 116 valence electrons. The second-order valence-corrected chi connectivity index (χ2v) is 5.36. The molecule has 2 rings (SSSR count). The Morgan fingerprint density at radius 1 is 1.32 bits per heavy atom. The SMILES string of the molecule is N#CC1(C(=O)NCCNc2ccccc2[N+](=O)[O-])CCCC1. The molecule has 0 saturated heterocycles. The maximum absolute atomic E-state index is 12.1. The predicted octanol–water partition coefficient (Wildman–Crippen LogP) is 2.21. The van der Waals surface area contributed by atoms with Gasteiger partial charge in [-0.25, -0.2) is 0 Å². The normalized spacial score (nSPS) is 15.8. The molecule has 1 aliphatic rings. The number of nitro groups is 1. The second kappa shape index (κ2) is 6.89. The van der Waals surface area contributed by atoms with Gasteiger partial charge in [-0.05, 0) is 18.9 Å². The lowest BCUT2D eigenvalue weighted by Crippen LogP contribution is -2.40. The fourth-order valence-electron chi connectivity index (χ4n) is 2.69.